The lowest BCUT2D eigenvalue weighted by atomic mass is 9.97. The first kappa shape index (κ1) is 40.9. The number of esters is 1. The number of ether oxygens (including phenoxy) is 1. The molecule has 272 valence electrons. The van der Waals surface area contributed by atoms with Gasteiger partial charge in [0.15, 0.2) is 11.6 Å². The monoisotopic (exact) mass is 710 g/mol. The van der Waals surface area contributed by atoms with Gasteiger partial charge in [0, 0.05) is 24.4 Å². The summed E-state index contributed by atoms with van der Waals surface area (Å²) in [5.41, 5.74) is 5.65. The lowest BCUT2D eigenvalue weighted by Gasteiger charge is -2.27. The van der Waals surface area contributed by atoms with Crippen molar-refractivity contribution < 1.29 is 51.6 Å². The number of hydrogen-bond acceptors (Lipinski definition) is 12. The molecule has 2 rings (SSSR count). The Morgan fingerprint density at radius 2 is 1.53 bits per heavy atom. The van der Waals surface area contributed by atoms with Crippen LogP contribution >= 0.6 is 0 Å². The van der Waals surface area contributed by atoms with E-state index in [9.17, 15) is 46.8 Å². The van der Waals surface area contributed by atoms with E-state index in [1.54, 1.807) is 58.9 Å². The van der Waals surface area contributed by atoms with E-state index < -0.39 is 87.6 Å². The maximum absolute atomic E-state index is 13.5. The van der Waals surface area contributed by atoms with Crippen molar-refractivity contribution in [3.63, 3.8) is 0 Å². The number of nitrogens with zero attached hydrogens (tertiary/aromatic N) is 1. The molecule has 1 aliphatic rings. The zero-order valence-electron chi connectivity index (χ0n) is 28.1. The third kappa shape index (κ3) is 13.3. The summed E-state index contributed by atoms with van der Waals surface area (Å²) in [7, 11) is -5.04. The van der Waals surface area contributed by atoms with Crippen molar-refractivity contribution in [3.05, 3.63) is 42.0 Å². The average Bonchev–Trinajstić information content (AvgIpc) is 3.31. The molecule has 1 unspecified atom stereocenters. The minimum Gasteiger partial charge on any atom is -0.460 e. The van der Waals surface area contributed by atoms with E-state index in [-0.39, 0.29) is 32.0 Å². The second-order valence-corrected chi connectivity index (χ2v) is 14.4. The molecule has 0 fully saturated rings. The summed E-state index contributed by atoms with van der Waals surface area (Å²) >= 11 is 0. The number of nitrogens with two attached hydrogens (primary N) is 1. The highest BCUT2D eigenvalue weighted by Gasteiger charge is 2.37. The van der Waals surface area contributed by atoms with Crippen molar-refractivity contribution in [2.45, 2.75) is 84.2 Å². The second-order valence-electron chi connectivity index (χ2n) is 12.8. The van der Waals surface area contributed by atoms with Crippen molar-refractivity contribution in [1.29, 1.82) is 0 Å². The average molecular weight is 711 g/mol. The SMILES string of the molecule is CC(C)[C@H](NC(=O)[C@@H](CCN1C(=O)C=CC1=O)S(=O)(=O)O)C(=O)N[C@@H](CCCNC(N)O)C(=O)Nc1ccc(COC(=O)C(C)(C)C)cc1. The Bertz CT molecular complexity index is 1490. The van der Waals surface area contributed by atoms with Crippen LogP contribution in [0, 0.1) is 11.3 Å². The highest BCUT2D eigenvalue weighted by Crippen LogP contribution is 2.18. The van der Waals surface area contributed by atoms with Gasteiger partial charge in [0.25, 0.3) is 21.9 Å². The summed E-state index contributed by atoms with van der Waals surface area (Å²) in [6.07, 6.45) is 0.324. The molecule has 5 amide bonds. The van der Waals surface area contributed by atoms with Crippen molar-refractivity contribution in [3.8, 4) is 0 Å². The predicted octanol–water partition coefficient (Wildman–Crippen LogP) is -0.484. The molecular formula is C31H46N6O11S. The molecule has 1 aromatic rings. The Morgan fingerprint density at radius 3 is 2.04 bits per heavy atom. The van der Waals surface area contributed by atoms with Gasteiger partial charge in [-0.2, -0.15) is 8.42 Å². The number of aliphatic hydroxyl groups is 1. The van der Waals surface area contributed by atoms with Gasteiger partial charge in [-0.1, -0.05) is 26.0 Å². The number of carbonyl (C=O) groups excluding carboxylic acids is 6. The van der Waals surface area contributed by atoms with Crippen LogP contribution in [0.3, 0.4) is 0 Å². The minimum atomic E-state index is -5.04. The van der Waals surface area contributed by atoms with Crippen LogP contribution in [0.15, 0.2) is 36.4 Å². The molecule has 0 bridgehead atoms. The lowest BCUT2D eigenvalue weighted by Crippen LogP contribution is -2.56. The molecule has 0 saturated heterocycles. The number of amides is 5. The van der Waals surface area contributed by atoms with Gasteiger partial charge in [-0.05, 0) is 70.2 Å². The van der Waals surface area contributed by atoms with Gasteiger partial charge in [-0.25, -0.2) is 0 Å². The summed E-state index contributed by atoms with van der Waals surface area (Å²) < 4.78 is 39.3. The van der Waals surface area contributed by atoms with Gasteiger partial charge in [0.1, 0.15) is 18.7 Å². The van der Waals surface area contributed by atoms with Crippen LogP contribution in [0.4, 0.5) is 5.69 Å². The minimum absolute atomic E-state index is 0.0233. The molecule has 1 aromatic carbocycles. The van der Waals surface area contributed by atoms with Gasteiger partial charge in [0.2, 0.25) is 17.7 Å². The number of anilines is 1. The van der Waals surface area contributed by atoms with Gasteiger partial charge in [-0.15, -0.1) is 0 Å². The molecule has 1 heterocycles. The number of nitrogens with one attached hydrogen (secondary N) is 4. The first-order chi connectivity index (χ1) is 22.7. The Morgan fingerprint density at radius 1 is 0.939 bits per heavy atom. The first-order valence-electron chi connectivity index (χ1n) is 15.5. The van der Waals surface area contributed by atoms with Gasteiger partial charge >= 0.3 is 5.97 Å². The molecule has 0 radical (unpaired) electrons. The van der Waals surface area contributed by atoms with Crippen LogP contribution in [0.5, 0.6) is 0 Å². The van der Waals surface area contributed by atoms with Crippen molar-refractivity contribution in [2.24, 2.45) is 17.1 Å². The Kier molecular flexibility index (Phi) is 15.0. The van der Waals surface area contributed by atoms with Crippen molar-refractivity contribution in [2.75, 3.05) is 18.4 Å². The highest BCUT2D eigenvalue weighted by molar-refractivity contribution is 7.87. The number of carbonyl (C=O) groups is 6. The number of aliphatic hydroxyl groups excluding tert-OH is 1. The summed E-state index contributed by atoms with van der Waals surface area (Å²) in [5, 5.41) is 17.3. The fourth-order valence-corrected chi connectivity index (χ4v) is 5.20. The Balaban J connectivity index is 2.16. The van der Waals surface area contributed by atoms with Crippen LogP contribution < -0.4 is 27.0 Å². The van der Waals surface area contributed by atoms with E-state index >= 15 is 0 Å². The molecule has 0 aromatic heterocycles. The quantitative estimate of drug-likeness (QED) is 0.0334. The maximum atomic E-state index is 13.5. The molecule has 18 heteroatoms. The summed E-state index contributed by atoms with van der Waals surface area (Å²) in [6.45, 7) is 8.02. The molecule has 0 aliphatic carbocycles. The number of imide groups is 1. The summed E-state index contributed by atoms with van der Waals surface area (Å²) in [6, 6.07) is 3.90. The Labute approximate surface area is 285 Å². The highest BCUT2D eigenvalue weighted by atomic mass is 32.2. The molecule has 49 heavy (non-hydrogen) atoms. The third-order valence-electron chi connectivity index (χ3n) is 7.27. The van der Waals surface area contributed by atoms with Gasteiger partial charge in [0.05, 0.1) is 5.41 Å². The topological polar surface area (TPSA) is 264 Å². The van der Waals surface area contributed by atoms with E-state index in [0.717, 1.165) is 12.2 Å². The molecule has 8 N–H and O–H groups in total. The van der Waals surface area contributed by atoms with E-state index in [4.69, 9.17) is 10.5 Å². The molecule has 0 spiro atoms. The summed E-state index contributed by atoms with van der Waals surface area (Å²) in [5.74, 6) is -5.15. The largest absolute Gasteiger partial charge is 0.460 e. The molecule has 4 atom stereocenters. The van der Waals surface area contributed by atoms with Crippen LogP contribution in [0.2, 0.25) is 0 Å². The smallest absolute Gasteiger partial charge is 0.311 e. The van der Waals surface area contributed by atoms with E-state index in [1.165, 1.54) is 0 Å². The van der Waals surface area contributed by atoms with Crippen LogP contribution in [0.25, 0.3) is 0 Å². The first-order valence-corrected chi connectivity index (χ1v) is 17.1. The molecule has 17 nitrogen and oxygen atoms in total. The van der Waals surface area contributed by atoms with Crippen molar-refractivity contribution >= 4 is 51.3 Å². The number of rotatable bonds is 18. The molecule has 1 aliphatic heterocycles. The van der Waals surface area contributed by atoms with E-state index in [2.05, 4.69) is 21.3 Å². The predicted molar refractivity (Wildman–Crippen MR) is 176 cm³/mol. The zero-order valence-corrected chi connectivity index (χ0v) is 28.9. The molecule has 0 saturated carbocycles. The van der Waals surface area contributed by atoms with E-state index in [1.807, 2.05) is 0 Å². The lowest BCUT2D eigenvalue weighted by molar-refractivity contribution is -0.154. The van der Waals surface area contributed by atoms with Crippen LogP contribution in [0.1, 0.15) is 59.4 Å². The Hall–Kier alpha value is -4.23. The van der Waals surface area contributed by atoms with Gasteiger partial charge in [-0.3, -0.25) is 49.3 Å². The zero-order chi connectivity index (χ0) is 37.1. The van der Waals surface area contributed by atoms with Gasteiger partial charge < -0.3 is 25.8 Å². The molecular weight excluding hydrogens is 664 g/mol. The maximum Gasteiger partial charge on any atom is 0.311 e. The van der Waals surface area contributed by atoms with Crippen LogP contribution in [-0.4, -0.2) is 95.3 Å². The normalized spacial score (nSPS) is 15.8. The number of benzene rings is 1. The van der Waals surface area contributed by atoms with E-state index in [0.29, 0.717) is 16.2 Å². The fourth-order valence-electron chi connectivity index (χ4n) is 4.46. The number of hydrogen-bond donors (Lipinski definition) is 7. The second kappa shape index (κ2) is 18.0. The van der Waals surface area contributed by atoms with Crippen molar-refractivity contribution in [1.82, 2.24) is 20.9 Å². The third-order valence-corrected chi connectivity index (χ3v) is 8.44. The fraction of sp³-hybridized carbons (Fsp3) is 0.548. The summed E-state index contributed by atoms with van der Waals surface area (Å²) in [4.78, 5) is 76.4. The van der Waals surface area contributed by atoms with Crippen LogP contribution in [-0.2, 0) is 50.2 Å². The standard InChI is InChI=1S/C31H46N6O11S/c1-18(2)25(36-27(41)22(49(45,46)47)14-16-37-23(38)12-13-24(37)39)28(42)35-21(7-6-15-33-30(32)44)26(40)34-20-10-8-19(9-11-20)17-48-29(43)31(3,4)5/h8-13,18,21-22,25,30,33,44H,6-7,14-17,32H2,1-5H3,(H,34,40)(H,35,42)(H,36,41)(H,45,46,47)/t21-,22+,25-,30?/m0/s1.